The second-order valence-corrected chi connectivity index (χ2v) is 15.3. The maximum atomic E-state index is 14.3. The van der Waals surface area contributed by atoms with Crippen molar-refractivity contribution < 1.29 is 18.3 Å². The summed E-state index contributed by atoms with van der Waals surface area (Å²) in [4.78, 5) is 14.7. The topological polar surface area (TPSA) is 50.7 Å². The first-order valence-corrected chi connectivity index (χ1v) is 19.2. The number of ether oxygens (including phenoxy) is 2. The summed E-state index contributed by atoms with van der Waals surface area (Å²) in [6.45, 7) is 9.09. The van der Waals surface area contributed by atoms with Crippen LogP contribution in [0, 0.1) is 11.6 Å². The van der Waals surface area contributed by atoms with Crippen LogP contribution in [0.1, 0.15) is 87.1 Å². The Balaban J connectivity index is 0.000000168. The monoisotopic (exact) mass is 694 g/mol. The molecule has 4 aromatic rings. The molecule has 2 aromatic carbocycles. The fourth-order valence-corrected chi connectivity index (χ4v) is 9.29. The quantitative estimate of drug-likeness (QED) is 0.183. The van der Waals surface area contributed by atoms with Crippen LogP contribution in [0.3, 0.4) is 0 Å². The maximum Gasteiger partial charge on any atom is 0.136 e. The summed E-state index contributed by atoms with van der Waals surface area (Å²) in [6, 6.07) is 11.3. The molecule has 7 rings (SSSR count). The van der Waals surface area contributed by atoms with Crippen molar-refractivity contribution in [2.45, 2.75) is 89.1 Å². The van der Waals surface area contributed by atoms with Gasteiger partial charge >= 0.3 is 0 Å². The lowest BCUT2D eigenvalue weighted by Gasteiger charge is -2.35. The van der Waals surface area contributed by atoms with Crippen LogP contribution in [0.5, 0.6) is 11.5 Å². The predicted molar refractivity (Wildman–Crippen MR) is 193 cm³/mol. The SMILES string of the molecule is COc1ccc(-c2csc(C3CCN(C(C)C)CC3)n2)c(F)c1.COc1ccc(-c2csc(C3CCN(C4CCCC4)CC3)n2)c(F)c1. The second kappa shape index (κ2) is 16.2. The van der Waals surface area contributed by atoms with E-state index in [4.69, 9.17) is 19.4 Å². The van der Waals surface area contributed by atoms with E-state index in [0.717, 1.165) is 53.4 Å². The van der Waals surface area contributed by atoms with Crippen molar-refractivity contribution in [3.8, 4) is 34.0 Å². The van der Waals surface area contributed by atoms with Gasteiger partial charge < -0.3 is 19.3 Å². The fraction of sp³-hybridized carbons (Fsp3) is 0.526. The molecule has 48 heavy (non-hydrogen) atoms. The Labute approximate surface area is 292 Å². The summed E-state index contributed by atoms with van der Waals surface area (Å²) in [5.41, 5.74) is 2.59. The molecule has 0 atom stereocenters. The molecule has 0 unspecified atom stereocenters. The maximum absolute atomic E-state index is 14.3. The van der Waals surface area contributed by atoms with Crippen molar-refractivity contribution in [3.05, 3.63) is 68.8 Å². The molecular weight excluding hydrogens is 647 g/mol. The molecule has 0 N–H and O–H groups in total. The van der Waals surface area contributed by atoms with Crippen molar-refractivity contribution >= 4 is 22.7 Å². The molecule has 4 heterocycles. The molecule has 2 aromatic heterocycles. The normalized spacial score (nSPS) is 18.6. The highest BCUT2D eigenvalue weighted by Gasteiger charge is 2.29. The number of likely N-dealkylation sites (tertiary alicyclic amines) is 2. The zero-order chi connectivity index (χ0) is 33.6. The number of benzene rings is 2. The number of piperidine rings is 2. The number of aromatic nitrogens is 2. The summed E-state index contributed by atoms with van der Waals surface area (Å²) in [6.07, 6.45) is 10.2. The zero-order valence-electron chi connectivity index (χ0n) is 28.6. The molecule has 3 fully saturated rings. The minimum absolute atomic E-state index is 0.271. The Morgan fingerprint density at radius 1 is 0.688 bits per heavy atom. The molecule has 1 saturated carbocycles. The van der Waals surface area contributed by atoms with Crippen LogP contribution in [0.15, 0.2) is 47.2 Å². The lowest BCUT2D eigenvalue weighted by atomic mass is 9.96. The highest BCUT2D eigenvalue weighted by atomic mass is 32.1. The number of rotatable bonds is 8. The molecule has 2 saturated heterocycles. The largest absolute Gasteiger partial charge is 0.497 e. The van der Waals surface area contributed by atoms with E-state index in [0.29, 0.717) is 40.5 Å². The highest BCUT2D eigenvalue weighted by Crippen LogP contribution is 2.37. The Kier molecular flexibility index (Phi) is 11.8. The Bertz CT molecular complexity index is 1620. The van der Waals surface area contributed by atoms with Gasteiger partial charge in [0.15, 0.2) is 0 Å². The smallest absolute Gasteiger partial charge is 0.136 e. The number of hydrogen-bond donors (Lipinski definition) is 0. The van der Waals surface area contributed by atoms with Gasteiger partial charge in [0.1, 0.15) is 23.1 Å². The molecule has 2 aliphatic heterocycles. The number of thiazole rings is 2. The Morgan fingerprint density at radius 3 is 1.56 bits per heavy atom. The third kappa shape index (κ3) is 8.26. The first kappa shape index (κ1) is 34.9. The van der Waals surface area contributed by atoms with Crippen LogP contribution in [0.25, 0.3) is 22.5 Å². The molecule has 0 radical (unpaired) electrons. The van der Waals surface area contributed by atoms with E-state index in [1.54, 1.807) is 61.2 Å². The van der Waals surface area contributed by atoms with Gasteiger partial charge in [-0.1, -0.05) is 12.8 Å². The minimum atomic E-state index is -0.282. The van der Waals surface area contributed by atoms with Gasteiger partial charge in [-0.15, -0.1) is 22.7 Å². The van der Waals surface area contributed by atoms with E-state index in [1.165, 1.54) is 63.7 Å². The molecular formula is C38H48F2N4O2S2. The van der Waals surface area contributed by atoms with Crippen LogP contribution in [0.4, 0.5) is 8.78 Å². The van der Waals surface area contributed by atoms with Gasteiger partial charge in [0.25, 0.3) is 0 Å². The zero-order valence-corrected chi connectivity index (χ0v) is 30.2. The number of nitrogens with zero attached hydrogens (tertiary/aromatic N) is 4. The summed E-state index contributed by atoms with van der Waals surface area (Å²) in [5, 5.41) is 6.26. The third-order valence-electron chi connectivity index (χ3n) is 10.3. The van der Waals surface area contributed by atoms with Crippen molar-refractivity contribution in [1.82, 2.24) is 19.8 Å². The first-order valence-electron chi connectivity index (χ1n) is 17.4. The van der Waals surface area contributed by atoms with Crippen molar-refractivity contribution in [2.24, 2.45) is 0 Å². The van der Waals surface area contributed by atoms with E-state index in [9.17, 15) is 8.78 Å². The van der Waals surface area contributed by atoms with Gasteiger partial charge in [0.2, 0.25) is 0 Å². The Morgan fingerprint density at radius 2 is 1.15 bits per heavy atom. The van der Waals surface area contributed by atoms with E-state index in [1.807, 2.05) is 10.8 Å². The van der Waals surface area contributed by atoms with Crippen molar-refractivity contribution in [3.63, 3.8) is 0 Å². The lowest BCUT2D eigenvalue weighted by molar-refractivity contribution is 0.154. The van der Waals surface area contributed by atoms with E-state index < -0.39 is 0 Å². The van der Waals surface area contributed by atoms with Gasteiger partial charge in [-0.3, -0.25) is 0 Å². The summed E-state index contributed by atoms with van der Waals surface area (Å²) >= 11 is 3.33. The molecule has 0 amide bonds. The molecule has 0 spiro atoms. The third-order valence-corrected chi connectivity index (χ3v) is 12.3. The summed E-state index contributed by atoms with van der Waals surface area (Å²) in [7, 11) is 3.09. The molecule has 3 aliphatic rings. The fourth-order valence-electron chi connectivity index (χ4n) is 7.30. The average Bonchev–Trinajstić information content (AvgIpc) is 3.92. The van der Waals surface area contributed by atoms with Crippen LogP contribution >= 0.6 is 22.7 Å². The van der Waals surface area contributed by atoms with Gasteiger partial charge in [0.05, 0.1) is 35.6 Å². The van der Waals surface area contributed by atoms with Crippen molar-refractivity contribution in [2.75, 3.05) is 40.4 Å². The lowest BCUT2D eigenvalue weighted by Crippen LogP contribution is -2.39. The number of hydrogen-bond acceptors (Lipinski definition) is 8. The first-order chi connectivity index (χ1) is 23.3. The van der Waals surface area contributed by atoms with Crippen LogP contribution in [-0.2, 0) is 0 Å². The van der Waals surface area contributed by atoms with E-state index in [2.05, 4.69) is 23.6 Å². The molecule has 1 aliphatic carbocycles. The Hall–Kier alpha value is -2.92. The highest BCUT2D eigenvalue weighted by molar-refractivity contribution is 7.10. The average molecular weight is 695 g/mol. The number of methoxy groups -OCH3 is 2. The van der Waals surface area contributed by atoms with Gasteiger partial charge in [-0.05, 0) is 103 Å². The van der Waals surface area contributed by atoms with Gasteiger partial charge in [0, 0.05) is 57.9 Å². The second-order valence-electron chi connectivity index (χ2n) is 13.5. The van der Waals surface area contributed by atoms with E-state index >= 15 is 0 Å². The van der Waals surface area contributed by atoms with Gasteiger partial charge in [-0.2, -0.15) is 0 Å². The van der Waals surface area contributed by atoms with Crippen LogP contribution in [-0.4, -0.2) is 72.3 Å². The molecule has 258 valence electrons. The van der Waals surface area contributed by atoms with Crippen LogP contribution < -0.4 is 9.47 Å². The predicted octanol–water partition coefficient (Wildman–Crippen LogP) is 9.63. The summed E-state index contributed by atoms with van der Waals surface area (Å²) in [5.74, 6) is 1.55. The minimum Gasteiger partial charge on any atom is -0.497 e. The standard InChI is InChI=1S/C20H25FN2OS.C18H23FN2OS/c1-24-16-6-7-17(18(21)12-16)19-13-25-20(22-19)14-8-10-23(11-9-14)15-4-2-3-5-15;1-12(2)21-8-6-13(7-9-21)18-20-17(11-23-18)15-5-4-14(22-3)10-16(15)19/h6-7,12-15H,2-5,8-11H2,1H3;4-5,10-13H,6-9H2,1-3H3. The molecule has 0 bridgehead atoms. The van der Waals surface area contributed by atoms with E-state index in [-0.39, 0.29) is 11.6 Å². The molecule has 6 nitrogen and oxygen atoms in total. The van der Waals surface area contributed by atoms with Crippen LogP contribution in [0.2, 0.25) is 0 Å². The van der Waals surface area contributed by atoms with Crippen molar-refractivity contribution in [1.29, 1.82) is 0 Å². The van der Waals surface area contributed by atoms with Gasteiger partial charge in [-0.25, -0.2) is 18.7 Å². The summed E-state index contributed by atoms with van der Waals surface area (Å²) < 4.78 is 38.6. The molecule has 10 heteroatoms. The number of halogens is 2.